The van der Waals surface area contributed by atoms with Crippen molar-refractivity contribution in [3.63, 3.8) is 0 Å². The van der Waals surface area contributed by atoms with Crippen LogP contribution in [0.2, 0.25) is 0 Å². The van der Waals surface area contributed by atoms with Crippen LogP contribution in [0.4, 0.5) is 0 Å². The largest absolute Gasteiger partial charge is 0.306 e. The predicted molar refractivity (Wildman–Crippen MR) is 69.5 cm³/mol. The minimum atomic E-state index is 0.331. The molecule has 0 amide bonds. The van der Waals surface area contributed by atoms with E-state index >= 15 is 0 Å². The Kier molecular flexibility index (Phi) is 3.15. The first kappa shape index (κ1) is 11.4. The molecule has 0 fully saturated rings. The molecule has 0 saturated heterocycles. The first-order valence-corrected chi connectivity index (χ1v) is 6.07. The maximum atomic E-state index is 3.79. The molecule has 0 saturated carbocycles. The molecule has 2 rings (SSSR count). The van der Waals surface area contributed by atoms with Crippen LogP contribution in [0.1, 0.15) is 37.4 Å². The summed E-state index contributed by atoms with van der Waals surface area (Å²) >= 11 is 0. The van der Waals surface area contributed by atoms with Gasteiger partial charge in [-0.1, -0.05) is 44.2 Å². The van der Waals surface area contributed by atoms with Gasteiger partial charge in [0.15, 0.2) is 0 Å². The molecular weight excluding hydrogens is 194 g/mol. The molecule has 0 spiro atoms. The van der Waals surface area contributed by atoms with Gasteiger partial charge in [0.25, 0.3) is 0 Å². The standard InChI is InChI=1S/C15H21N/c1-4-11-16-14-13-8-6-5-7-12(13)9-10-15(14,2)3/h4-8,14,16H,1,9-11H2,2-3H3. The molecular formula is C15H21N. The number of hydrogen-bond donors (Lipinski definition) is 1. The Morgan fingerprint density at radius 1 is 1.44 bits per heavy atom. The second kappa shape index (κ2) is 4.42. The van der Waals surface area contributed by atoms with Crippen LogP contribution in [0.25, 0.3) is 0 Å². The third kappa shape index (κ3) is 2.05. The smallest absolute Gasteiger partial charge is 0.0377 e. The Bertz CT molecular complexity index is 379. The molecule has 1 atom stereocenters. The van der Waals surface area contributed by atoms with E-state index in [4.69, 9.17) is 0 Å². The highest BCUT2D eigenvalue weighted by Gasteiger charge is 2.34. The molecule has 0 bridgehead atoms. The zero-order chi connectivity index (χ0) is 11.6. The summed E-state index contributed by atoms with van der Waals surface area (Å²) in [5, 5.41) is 3.60. The van der Waals surface area contributed by atoms with Crippen molar-refractivity contribution in [3.05, 3.63) is 48.0 Å². The first-order chi connectivity index (χ1) is 7.65. The van der Waals surface area contributed by atoms with Crippen molar-refractivity contribution >= 4 is 0 Å². The minimum Gasteiger partial charge on any atom is -0.306 e. The van der Waals surface area contributed by atoms with Crippen molar-refractivity contribution in [2.24, 2.45) is 5.41 Å². The predicted octanol–water partition coefficient (Wildman–Crippen LogP) is 3.48. The molecule has 0 heterocycles. The normalized spacial score (nSPS) is 22.5. The molecule has 1 N–H and O–H groups in total. The topological polar surface area (TPSA) is 12.0 Å². The molecule has 1 aliphatic carbocycles. The average molecular weight is 215 g/mol. The van der Waals surface area contributed by atoms with Gasteiger partial charge >= 0.3 is 0 Å². The van der Waals surface area contributed by atoms with E-state index in [9.17, 15) is 0 Å². The van der Waals surface area contributed by atoms with Crippen molar-refractivity contribution in [1.29, 1.82) is 0 Å². The van der Waals surface area contributed by atoms with Gasteiger partial charge in [-0.15, -0.1) is 6.58 Å². The van der Waals surface area contributed by atoms with E-state index < -0.39 is 0 Å². The van der Waals surface area contributed by atoms with Crippen LogP contribution in [0.5, 0.6) is 0 Å². The van der Waals surface area contributed by atoms with Crippen molar-refractivity contribution in [3.8, 4) is 0 Å². The first-order valence-electron chi connectivity index (χ1n) is 6.07. The van der Waals surface area contributed by atoms with Gasteiger partial charge in [0.1, 0.15) is 0 Å². The number of aryl methyl sites for hydroxylation is 1. The number of fused-ring (bicyclic) bond motifs is 1. The van der Waals surface area contributed by atoms with Crippen molar-refractivity contribution in [1.82, 2.24) is 5.32 Å². The molecule has 1 aromatic carbocycles. The van der Waals surface area contributed by atoms with Crippen LogP contribution in [0.15, 0.2) is 36.9 Å². The Balaban J connectivity index is 2.33. The molecule has 0 aromatic heterocycles. The Labute approximate surface area is 98.6 Å². The second-order valence-corrected chi connectivity index (χ2v) is 5.32. The third-order valence-corrected chi connectivity index (χ3v) is 3.65. The van der Waals surface area contributed by atoms with Gasteiger partial charge in [-0.3, -0.25) is 0 Å². The van der Waals surface area contributed by atoms with E-state index in [1.54, 1.807) is 0 Å². The summed E-state index contributed by atoms with van der Waals surface area (Å²) < 4.78 is 0. The molecule has 1 unspecified atom stereocenters. The number of nitrogens with one attached hydrogen (secondary N) is 1. The summed E-state index contributed by atoms with van der Waals surface area (Å²) in [4.78, 5) is 0. The summed E-state index contributed by atoms with van der Waals surface area (Å²) in [5.41, 5.74) is 3.31. The van der Waals surface area contributed by atoms with Crippen molar-refractivity contribution in [2.45, 2.75) is 32.7 Å². The zero-order valence-corrected chi connectivity index (χ0v) is 10.3. The van der Waals surface area contributed by atoms with Gasteiger partial charge in [0, 0.05) is 12.6 Å². The monoisotopic (exact) mass is 215 g/mol. The molecule has 1 nitrogen and oxygen atoms in total. The van der Waals surface area contributed by atoms with E-state index in [1.807, 2.05) is 6.08 Å². The minimum absolute atomic E-state index is 0.331. The summed E-state index contributed by atoms with van der Waals surface area (Å²) in [7, 11) is 0. The van der Waals surface area contributed by atoms with Crippen LogP contribution >= 0.6 is 0 Å². The lowest BCUT2D eigenvalue weighted by Crippen LogP contribution is -2.38. The molecule has 86 valence electrons. The summed E-state index contributed by atoms with van der Waals surface area (Å²) in [6, 6.07) is 9.25. The lowest BCUT2D eigenvalue weighted by atomic mass is 9.70. The van der Waals surface area contributed by atoms with Gasteiger partial charge in [-0.05, 0) is 29.4 Å². The fourth-order valence-electron chi connectivity index (χ4n) is 2.65. The summed E-state index contributed by atoms with van der Waals surface area (Å²) in [6.45, 7) is 9.37. The summed E-state index contributed by atoms with van der Waals surface area (Å²) in [6.07, 6.45) is 4.39. The number of rotatable bonds is 3. The summed E-state index contributed by atoms with van der Waals surface area (Å²) in [5.74, 6) is 0. The van der Waals surface area contributed by atoms with Gasteiger partial charge in [0.2, 0.25) is 0 Å². The van der Waals surface area contributed by atoms with Gasteiger partial charge < -0.3 is 5.32 Å². The second-order valence-electron chi connectivity index (χ2n) is 5.32. The van der Waals surface area contributed by atoms with E-state index in [1.165, 1.54) is 24.0 Å². The molecule has 0 radical (unpaired) electrons. The molecule has 1 heteroatoms. The molecule has 16 heavy (non-hydrogen) atoms. The maximum absolute atomic E-state index is 3.79. The van der Waals surface area contributed by atoms with E-state index in [0.29, 0.717) is 11.5 Å². The van der Waals surface area contributed by atoms with Crippen molar-refractivity contribution in [2.75, 3.05) is 6.54 Å². The maximum Gasteiger partial charge on any atom is 0.0377 e. The number of hydrogen-bond acceptors (Lipinski definition) is 1. The Hall–Kier alpha value is -1.08. The molecule has 1 aliphatic rings. The van der Waals surface area contributed by atoms with Gasteiger partial charge in [0.05, 0.1) is 0 Å². The highest BCUT2D eigenvalue weighted by molar-refractivity contribution is 5.34. The Morgan fingerprint density at radius 2 is 2.19 bits per heavy atom. The zero-order valence-electron chi connectivity index (χ0n) is 10.3. The lowest BCUT2D eigenvalue weighted by Gasteiger charge is -2.40. The van der Waals surface area contributed by atoms with E-state index in [2.05, 4.69) is 50.0 Å². The highest BCUT2D eigenvalue weighted by Crippen LogP contribution is 2.43. The van der Waals surface area contributed by atoms with Crippen LogP contribution in [0, 0.1) is 5.41 Å². The lowest BCUT2D eigenvalue weighted by molar-refractivity contribution is 0.214. The molecule has 1 aromatic rings. The molecule has 0 aliphatic heterocycles. The van der Waals surface area contributed by atoms with Crippen LogP contribution < -0.4 is 5.32 Å². The highest BCUT2D eigenvalue weighted by atomic mass is 14.9. The fraction of sp³-hybridized carbons (Fsp3) is 0.467. The quantitative estimate of drug-likeness (QED) is 0.761. The Morgan fingerprint density at radius 3 is 2.94 bits per heavy atom. The van der Waals surface area contributed by atoms with E-state index in [0.717, 1.165) is 6.54 Å². The van der Waals surface area contributed by atoms with Gasteiger partial charge in [-0.2, -0.15) is 0 Å². The van der Waals surface area contributed by atoms with Crippen molar-refractivity contribution < 1.29 is 0 Å². The third-order valence-electron chi connectivity index (χ3n) is 3.65. The number of benzene rings is 1. The van der Waals surface area contributed by atoms with E-state index in [-0.39, 0.29) is 0 Å². The SMILES string of the molecule is C=CCNC1c2ccccc2CCC1(C)C. The van der Waals surface area contributed by atoms with Crippen LogP contribution in [-0.4, -0.2) is 6.54 Å². The van der Waals surface area contributed by atoms with Gasteiger partial charge in [-0.25, -0.2) is 0 Å². The average Bonchev–Trinajstić information content (AvgIpc) is 2.27. The van der Waals surface area contributed by atoms with Crippen LogP contribution in [-0.2, 0) is 6.42 Å². The van der Waals surface area contributed by atoms with Crippen LogP contribution in [0.3, 0.4) is 0 Å². The fourth-order valence-corrected chi connectivity index (χ4v) is 2.65.